The molecule has 0 unspecified atom stereocenters. The molecule has 0 saturated carbocycles. The first kappa shape index (κ1) is 23.8. The molecule has 2 heterocycles. The Balaban J connectivity index is 1.76. The van der Waals surface area contributed by atoms with Gasteiger partial charge in [0.15, 0.2) is 11.5 Å². The van der Waals surface area contributed by atoms with Crippen LogP contribution in [-0.4, -0.2) is 42.1 Å². The van der Waals surface area contributed by atoms with Crippen LogP contribution in [0.2, 0.25) is 0 Å². The van der Waals surface area contributed by atoms with Gasteiger partial charge in [-0.1, -0.05) is 17.7 Å². The molecule has 8 heteroatoms. The number of nitrogens with one attached hydrogen (secondary N) is 1. The van der Waals surface area contributed by atoms with E-state index in [1.165, 1.54) is 21.3 Å². The van der Waals surface area contributed by atoms with Crippen LogP contribution in [0.25, 0.3) is 10.9 Å². The summed E-state index contributed by atoms with van der Waals surface area (Å²) in [5.41, 5.74) is 3.25. The number of H-pyrrole nitrogens is 1. The standard InChI is InChI=1S/C27H27N3O5/c1-17-7-8-22-19(10-17)11-21(26(31)29-22)16-30(15-18-6-5-9-28-14-18)27(32)20-12-23(33-2)25(35-4)24(13-20)34-3/h5-14H,15-16H2,1-4H3,(H,29,31). The number of rotatable bonds is 8. The Bertz CT molecular complexity index is 1390. The number of aromatic nitrogens is 2. The summed E-state index contributed by atoms with van der Waals surface area (Å²) in [6.45, 7) is 2.35. The number of nitrogens with zero attached hydrogens (tertiary/aromatic N) is 2. The molecule has 2 aromatic carbocycles. The average molecular weight is 474 g/mol. The highest BCUT2D eigenvalue weighted by Crippen LogP contribution is 2.38. The fraction of sp³-hybridized carbons (Fsp3) is 0.222. The molecule has 8 nitrogen and oxygen atoms in total. The van der Waals surface area contributed by atoms with Crippen LogP contribution in [-0.2, 0) is 13.1 Å². The third-order valence-electron chi connectivity index (χ3n) is 5.73. The number of aromatic amines is 1. The van der Waals surface area contributed by atoms with Crippen LogP contribution in [0.1, 0.15) is 27.0 Å². The molecule has 0 spiro atoms. The second-order valence-corrected chi connectivity index (χ2v) is 8.15. The van der Waals surface area contributed by atoms with Gasteiger partial charge in [-0.2, -0.15) is 0 Å². The minimum absolute atomic E-state index is 0.101. The highest BCUT2D eigenvalue weighted by molar-refractivity contribution is 5.95. The summed E-state index contributed by atoms with van der Waals surface area (Å²) in [5.74, 6) is 0.842. The molecule has 0 aliphatic rings. The van der Waals surface area contributed by atoms with E-state index in [-0.39, 0.29) is 24.6 Å². The Hall–Kier alpha value is -4.33. The lowest BCUT2D eigenvalue weighted by Crippen LogP contribution is -2.32. The first-order valence-corrected chi connectivity index (χ1v) is 11.0. The lowest BCUT2D eigenvalue weighted by Gasteiger charge is -2.24. The smallest absolute Gasteiger partial charge is 0.254 e. The van der Waals surface area contributed by atoms with E-state index in [2.05, 4.69) is 9.97 Å². The summed E-state index contributed by atoms with van der Waals surface area (Å²) < 4.78 is 16.2. The largest absolute Gasteiger partial charge is 0.493 e. The van der Waals surface area contributed by atoms with Crippen molar-refractivity contribution < 1.29 is 19.0 Å². The minimum Gasteiger partial charge on any atom is -0.493 e. The van der Waals surface area contributed by atoms with E-state index in [1.807, 2.05) is 43.3 Å². The minimum atomic E-state index is -0.295. The number of fused-ring (bicyclic) bond motifs is 1. The summed E-state index contributed by atoms with van der Waals surface area (Å²) in [5, 5.41) is 0.904. The van der Waals surface area contributed by atoms with Gasteiger partial charge in [-0.15, -0.1) is 0 Å². The Kier molecular flexibility index (Phi) is 7.01. The number of aryl methyl sites for hydroxylation is 1. The van der Waals surface area contributed by atoms with Crippen molar-refractivity contribution in [1.82, 2.24) is 14.9 Å². The first-order valence-electron chi connectivity index (χ1n) is 11.0. The van der Waals surface area contributed by atoms with Gasteiger partial charge in [0, 0.05) is 35.6 Å². The van der Waals surface area contributed by atoms with E-state index in [1.54, 1.807) is 29.4 Å². The van der Waals surface area contributed by atoms with E-state index >= 15 is 0 Å². The number of carbonyl (C=O) groups excluding carboxylic acids is 1. The molecule has 35 heavy (non-hydrogen) atoms. The second kappa shape index (κ2) is 10.3. The van der Waals surface area contributed by atoms with Crippen LogP contribution >= 0.6 is 0 Å². The number of amides is 1. The molecule has 1 N–H and O–H groups in total. The van der Waals surface area contributed by atoms with Crippen molar-refractivity contribution in [2.75, 3.05) is 21.3 Å². The molecular weight excluding hydrogens is 446 g/mol. The zero-order valence-electron chi connectivity index (χ0n) is 20.1. The molecule has 180 valence electrons. The summed E-state index contributed by atoms with van der Waals surface area (Å²) >= 11 is 0. The van der Waals surface area contributed by atoms with Gasteiger partial charge in [-0.05, 0) is 54.3 Å². The summed E-state index contributed by atoms with van der Waals surface area (Å²) in [4.78, 5) is 35.3. The van der Waals surface area contributed by atoms with Crippen LogP contribution in [0.4, 0.5) is 0 Å². The SMILES string of the molecule is COc1cc(C(=O)N(Cc2cccnc2)Cc2cc3cc(C)ccc3[nH]c2=O)cc(OC)c1OC. The number of methoxy groups -OCH3 is 3. The fourth-order valence-electron chi connectivity index (χ4n) is 3.99. The normalized spacial score (nSPS) is 10.7. The third kappa shape index (κ3) is 5.11. The van der Waals surface area contributed by atoms with Crippen molar-refractivity contribution in [2.45, 2.75) is 20.0 Å². The van der Waals surface area contributed by atoms with E-state index in [0.717, 1.165) is 22.0 Å². The van der Waals surface area contributed by atoms with Gasteiger partial charge in [0.05, 0.1) is 27.9 Å². The number of hydrogen-bond acceptors (Lipinski definition) is 6. The van der Waals surface area contributed by atoms with E-state index in [0.29, 0.717) is 28.4 Å². The van der Waals surface area contributed by atoms with Crippen LogP contribution < -0.4 is 19.8 Å². The molecule has 2 aromatic heterocycles. The molecule has 0 atom stereocenters. The van der Waals surface area contributed by atoms with E-state index in [9.17, 15) is 9.59 Å². The van der Waals surface area contributed by atoms with Crippen molar-refractivity contribution in [2.24, 2.45) is 0 Å². The van der Waals surface area contributed by atoms with Crippen LogP contribution in [0.15, 0.2) is 65.7 Å². The molecule has 4 rings (SSSR count). The third-order valence-corrected chi connectivity index (χ3v) is 5.73. The predicted molar refractivity (Wildman–Crippen MR) is 133 cm³/mol. The number of pyridine rings is 2. The number of carbonyl (C=O) groups is 1. The zero-order chi connectivity index (χ0) is 24.9. The number of hydrogen-bond donors (Lipinski definition) is 1. The van der Waals surface area contributed by atoms with Crippen LogP contribution in [0.3, 0.4) is 0 Å². The van der Waals surface area contributed by atoms with Gasteiger partial charge >= 0.3 is 0 Å². The number of benzene rings is 2. The summed E-state index contributed by atoms with van der Waals surface area (Å²) in [7, 11) is 4.50. The lowest BCUT2D eigenvalue weighted by atomic mass is 10.1. The Morgan fingerprint density at radius 1 is 0.971 bits per heavy atom. The predicted octanol–water partition coefficient (Wildman–Crippen LogP) is 4.10. The molecular formula is C27H27N3O5. The van der Waals surface area contributed by atoms with Gasteiger partial charge in [-0.25, -0.2) is 0 Å². The van der Waals surface area contributed by atoms with E-state index in [4.69, 9.17) is 14.2 Å². The zero-order valence-corrected chi connectivity index (χ0v) is 20.1. The maximum Gasteiger partial charge on any atom is 0.254 e. The molecule has 0 aliphatic carbocycles. The summed E-state index contributed by atoms with van der Waals surface area (Å²) in [6, 6.07) is 14.6. The average Bonchev–Trinajstić information content (AvgIpc) is 2.88. The van der Waals surface area contributed by atoms with Gasteiger partial charge in [0.2, 0.25) is 5.75 Å². The van der Waals surface area contributed by atoms with Crippen LogP contribution in [0.5, 0.6) is 17.2 Å². The van der Waals surface area contributed by atoms with Crippen LogP contribution in [0, 0.1) is 6.92 Å². The molecule has 0 saturated heterocycles. The topological polar surface area (TPSA) is 93.8 Å². The number of ether oxygens (including phenoxy) is 3. The van der Waals surface area contributed by atoms with Gasteiger partial charge in [-0.3, -0.25) is 14.6 Å². The summed E-state index contributed by atoms with van der Waals surface area (Å²) in [6.07, 6.45) is 3.37. The Morgan fingerprint density at radius 2 is 1.71 bits per heavy atom. The molecule has 0 bridgehead atoms. The molecule has 0 aliphatic heterocycles. The highest BCUT2D eigenvalue weighted by atomic mass is 16.5. The molecule has 1 amide bonds. The monoisotopic (exact) mass is 473 g/mol. The van der Waals surface area contributed by atoms with Gasteiger partial charge < -0.3 is 24.1 Å². The van der Waals surface area contributed by atoms with E-state index < -0.39 is 0 Å². The first-order chi connectivity index (χ1) is 16.9. The Labute approximate surface area is 203 Å². The molecule has 0 fully saturated rings. The maximum atomic E-state index is 13.8. The lowest BCUT2D eigenvalue weighted by molar-refractivity contribution is 0.0728. The highest BCUT2D eigenvalue weighted by Gasteiger charge is 2.23. The quantitative estimate of drug-likeness (QED) is 0.414. The van der Waals surface area contributed by atoms with Crippen molar-refractivity contribution >= 4 is 16.8 Å². The van der Waals surface area contributed by atoms with Crippen molar-refractivity contribution in [1.29, 1.82) is 0 Å². The van der Waals surface area contributed by atoms with Gasteiger partial charge in [0.25, 0.3) is 11.5 Å². The molecule has 0 radical (unpaired) electrons. The van der Waals surface area contributed by atoms with Crippen molar-refractivity contribution in [3.8, 4) is 17.2 Å². The second-order valence-electron chi connectivity index (χ2n) is 8.15. The fourth-order valence-corrected chi connectivity index (χ4v) is 3.99. The van der Waals surface area contributed by atoms with Gasteiger partial charge in [0.1, 0.15) is 0 Å². The Morgan fingerprint density at radius 3 is 2.34 bits per heavy atom. The molecule has 4 aromatic rings. The van der Waals surface area contributed by atoms with Crippen molar-refractivity contribution in [3.05, 3.63) is 93.5 Å². The van der Waals surface area contributed by atoms with Crippen molar-refractivity contribution in [3.63, 3.8) is 0 Å². The maximum absolute atomic E-state index is 13.8.